The largest absolute Gasteiger partial charge is 0.480 e. The maximum atomic E-state index is 12.4. The van der Waals surface area contributed by atoms with Gasteiger partial charge in [0.25, 0.3) is 0 Å². The maximum absolute atomic E-state index is 12.4. The molecule has 0 aromatic rings. The van der Waals surface area contributed by atoms with E-state index in [-0.39, 0.29) is 12.8 Å². The first kappa shape index (κ1) is 65.4. The Bertz CT molecular complexity index is 1330. The Hall–Kier alpha value is -2.56. The number of hydrogen-bond acceptors (Lipinski definition) is 8. The molecule has 0 radical (unpaired) electrons. The van der Waals surface area contributed by atoms with Gasteiger partial charge >= 0.3 is 19.8 Å². The summed E-state index contributed by atoms with van der Waals surface area (Å²) in [5.41, 5.74) is 0. The van der Waals surface area contributed by atoms with Crippen molar-refractivity contribution in [1.82, 2.24) is 5.32 Å². The van der Waals surface area contributed by atoms with Gasteiger partial charge < -0.3 is 25.2 Å². The molecule has 0 saturated heterocycles. The van der Waals surface area contributed by atoms with Gasteiger partial charge in [0.1, 0.15) is 12.7 Å². The summed E-state index contributed by atoms with van der Waals surface area (Å²) < 4.78 is 27.0. The van der Waals surface area contributed by atoms with Gasteiger partial charge in [0, 0.05) is 12.8 Å². The Morgan fingerprint density at radius 3 is 1.24 bits per heavy atom. The van der Waals surface area contributed by atoms with Gasteiger partial charge in [-0.05, 0) is 57.8 Å². The van der Waals surface area contributed by atoms with Crippen LogP contribution in [0.3, 0.4) is 0 Å². The number of carboxylic acid groups (broad SMARTS) is 1. The smallest absolute Gasteiger partial charge is 0.472 e. The number of aliphatic carboxylic acids is 1. The first-order valence-electron chi connectivity index (χ1n) is 27.7. The van der Waals surface area contributed by atoms with Gasteiger partial charge in [0.15, 0.2) is 6.04 Å². The van der Waals surface area contributed by atoms with Crippen LogP contribution in [0.4, 0.5) is 0 Å². The molecule has 4 N–H and O–H groups in total. The zero-order valence-electron chi connectivity index (χ0n) is 43.4. The number of allylic oxidation sites excluding steroid dienone is 8. The Balaban J connectivity index is 3.81. The number of phosphoric acid groups is 1. The molecule has 12 heteroatoms. The van der Waals surface area contributed by atoms with Gasteiger partial charge in [-0.15, -0.1) is 0 Å². The van der Waals surface area contributed by atoms with Crippen LogP contribution >= 0.6 is 7.82 Å². The van der Waals surface area contributed by atoms with Crippen molar-refractivity contribution in [3.8, 4) is 0 Å². The van der Waals surface area contributed by atoms with Crippen molar-refractivity contribution in [2.24, 2.45) is 0 Å². The van der Waals surface area contributed by atoms with Gasteiger partial charge in [-0.25, -0.2) is 9.36 Å². The fraction of sp³-hybridized carbons (Fsp3) is 0.804. The summed E-state index contributed by atoms with van der Waals surface area (Å²) in [4.78, 5) is 46.2. The number of carbonyl (C=O) groups excluding carboxylic acids is 2. The summed E-state index contributed by atoms with van der Waals surface area (Å²) in [5.74, 6) is -2.37. The number of phosphoric ester groups is 1. The molecule has 0 fully saturated rings. The second-order valence-corrected chi connectivity index (χ2v) is 20.2. The number of amides is 1. The molecule has 0 aromatic heterocycles. The Morgan fingerprint density at radius 1 is 0.471 bits per heavy atom. The third-order valence-corrected chi connectivity index (χ3v) is 13.1. The molecule has 11 nitrogen and oxygen atoms in total. The third kappa shape index (κ3) is 49.8. The van der Waals surface area contributed by atoms with Crippen molar-refractivity contribution >= 4 is 25.7 Å². The lowest BCUT2D eigenvalue weighted by atomic mass is 10.0. The molecule has 0 spiro atoms. The normalized spacial score (nSPS) is 13.8. The fourth-order valence-electron chi connectivity index (χ4n) is 7.83. The molecule has 0 bridgehead atoms. The predicted octanol–water partition coefficient (Wildman–Crippen LogP) is 15.7. The van der Waals surface area contributed by atoms with Crippen LogP contribution in [0.2, 0.25) is 0 Å². The van der Waals surface area contributed by atoms with E-state index >= 15 is 0 Å². The average molecular weight is 980 g/mol. The number of aliphatic hydroxyl groups excluding tert-OH is 1. The summed E-state index contributed by atoms with van der Waals surface area (Å²) in [6.07, 6.45) is 59.9. The fourth-order valence-corrected chi connectivity index (χ4v) is 8.60. The van der Waals surface area contributed by atoms with E-state index in [1.165, 1.54) is 148 Å². The number of carboxylic acids is 1. The number of ether oxygens (including phenoxy) is 1. The van der Waals surface area contributed by atoms with Crippen LogP contribution in [-0.4, -0.2) is 64.9 Å². The van der Waals surface area contributed by atoms with Crippen LogP contribution in [0.15, 0.2) is 48.6 Å². The lowest BCUT2D eigenvalue weighted by molar-refractivity contribution is -0.147. The minimum Gasteiger partial charge on any atom is -0.480 e. The molecule has 0 aliphatic heterocycles. The standard InChI is InChI=1S/C56H102NO10P/c1-3-5-7-9-11-13-15-17-19-21-23-25-26-28-30-32-34-36-38-40-42-44-46-48-55(60)65-49-52(58)50-66-68(63,64)67-51-53(56(61)62)57-54(59)47-45-43-41-39-37-35-33-31-29-27-24-22-20-18-16-14-12-10-8-6-4-2/h11,13,17,19,23,25,28,30,52-53,58H,3-10,12,14-16,18,20-22,24,26-27,29,31-51H2,1-2H3,(H,57,59)(H,61,62)(H,63,64)/b13-11-,19-17-,25-23-,30-28-. The predicted molar refractivity (Wildman–Crippen MR) is 282 cm³/mol. The van der Waals surface area contributed by atoms with Crippen LogP contribution in [0, 0.1) is 0 Å². The molecule has 396 valence electrons. The Morgan fingerprint density at radius 2 is 0.809 bits per heavy atom. The van der Waals surface area contributed by atoms with Crippen LogP contribution in [-0.2, 0) is 32.7 Å². The Labute approximate surface area is 415 Å². The van der Waals surface area contributed by atoms with E-state index < -0.39 is 57.6 Å². The number of nitrogens with one attached hydrogen (secondary N) is 1. The molecular formula is C56H102NO10P. The van der Waals surface area contributed by atoms with Crippen LogP contribution in [0.5, 0.6) is 0 Å². The van der Waals surface area contributed by atoms with Crippen LogP contribution in [0.1, 0.15) is 258 Å². The molecule has 0 aliphatic carbocycles. The average Bonchev–Trinajstić information content (AvgIpc) is 3.32. The minimum atomic E-state index is -4.77. The van der Waals surface area contributed by atoms with Gasteiger partial charge in [-0.2, -0.15) is 0 Å². The topological polar surface area (TPSA) is 169 Å². The van der Waals surface area contributed by atoms with Crippen molar-refractivity contribution in [2.45, 2.75) is 270 Å². The van der Waals surface area contributed by atoms with E-state index in [9.17, 15) is 34.1 Å². The first-order chi connectivity index (χ1) is 33.1. The molecule has 68 heavy (non-hydrogen) atoms. The highest BCUT2D eigenvalue weighted by Gasteiger charge is 2.28. The maximum Gasteiger partial charge on any atom is 0.472 e. The molecule has 0 rings (SSSR count). The molecule has 0 aromatic carbocycles. The summed E-state index contributed by atoms with van der Waals surface area (Å²) >= 11 is 0. The molecular weight excluding hydrogens is 878 g/mol. The number of esters is 1. The molecule has 3 unspecified atom stereocenters. The third-order valence-electron chi connectivity index (χ3n) is 12.1. The van der Waals surface area contributed by atoms with Crippen molar-refractivity contribution in [1.29, 1.82) is 0 Å². The van der Waals surface area contributed by atoms with E-state index in [2.05, 4.69) is 67.8 Å². The van der Waals surface area contributed by atoms with Gasteiger partial charge in [0.05, 0.1) is 13.2 Å². The summed E-state index contributed by atoms with van der Waals surface area (Å²) in [6, 6.07) is -1.55. The van der Waals surface area contributed by atoms with E-state index in [4.69, 9.17) is 13.8 Å². The monoisotopic (exact) mass is 980 g/mol. The number of unbranched alkanes of at least 4 members (excludes halogenated alkanes) is 30. The molecule has 0 heterocycles. The van der Waals surface area contributed by atoms with E-state index in [1.54, 1.807) is 0 Å². The SMILES string of the molecule is CCCCC/C=C\C/C=C\C/C=C\C/C=C\CCCCCCCCCC(=O)OCC(O)COP(=O)(O)OCC(NC(=O)CCCCCCCCCCCCCCCCCCCCCCC)C(=O)O. The highest BCUT2D eigenvalue weighted by Crippen LogP contribution is 2.43. The van der Waals surface area contributed by atoms with E-state index in [1.807, 2.05) is 0 Å². The van der Waals surface area contributed by atoms with Gasteiger partial charge in [-0.1, -0.05) is 236 Å². The number of aliphatic hydroxyl groups is 1. The van der Waals surface area contributed by atoms with Crippen molar-refractivity contribution in [3.63, 3.8) is 0 Å². The minimum absolute atomic E-state index is 0.148. The van der Waals surface area contributed by atoms with Crippen LogP contribution < -0.4 is 5.32 Å². The van der Waals surface area contributed by atoms with Gasteiger partial charge in [-0.3, -0.25) is 18.6 Å². The lowest BCUT2D eigenvalue weighted by Gasteiger charge is -2.18. The number of hydrogen-bond donors (Lipinski definition) is 4. The first-order valence-corrected chi connectivity index (χ1v) is 29.2. The van der Waals surface area contributed by atoms with Crippen LogP contribution in [0.25, 0.3) is 0 Å². The molecule has 0 saturated carbocycles. The second-order valence-electron chi connectivity index (χ2n) is 18.8. The summed E-state index contributed by atoms with van der Waals surface area (Å²) in [5, 5.41) is 22.0. The Kier molecular flexibility index (Phi) is 48.9. The van der Waals surface area contributed by atoms with Crippen molar-refractivity contribution in [2.75, 3.05) is 19.8 Å². The van der Waals surface area contributed by atoms with Crippen molar-refractivity contribution in [3.05, 3.63) is 48.6 Å². The molecule has 3 atom stereocenters. The van der Waals surface area contributed by atoms with Crippen molar-refractivity contribution < 1.29 is 47.8 Å². The molecule has 0 aliphatic rings. The van der Waals surface area contributed by atoms with E-state index in [0.29, 0.717) is 12.8 Å². The number of carbonyl (C=O) groups is 3. The highest BCUT2D eigenvalue weighted by atomic mass is 31.2. The summed E-state index contributed by atoms with van der Waals surface area (Å²) in [6.45, 7) is 2.60. The lowest BCUT2D eigenvalue weighted by Crippen LogP contribution is -2.43. The van der Waals surface area contributed by atoms with Gasteiger partial charge in [0.2, 0.25) is 5.91 Å². The molecule has 1 amide bonds. The zero-order valence-corrected chi connectivity index (χ0v) is 44.3. The number of rotatable bonds is 52. The highest BCUT2D eigenvalue weighted by molar-refractivity contribution is 7.47. The van der Waals surface area contributed by atoms with E-state index in [0.717, 1.165) is 70.6 Å². The summed E-state index contributed by atoms with van der Waals surface area (Å²) in [7, 11) is -4.77. The quantitative estimate of drug-likeness (QED) is 0.0199. The second kappa shape index (κ2) is 50.8. The zero-order chi connectivity index (χ0) is 49.9.